The quantitative estimate of drug-likeness (QED) is 0.165. The zero-order valence-corrected chi connectivity index (χ0v) is 37.8. The molecule has 0 aliphatic heterocycles. The molecular weight excluding hydrogens is 633 g/mol. The summed E-state index contributed by atoms with van der Waals surface area (Å²) in [7, 11) is -9.36. The van der Waals surface area contributed by atoms with Gasteiger partial charge >= 0.3 is 0 Å². The Bertz CT molecular complexity index is 1570. The van der Waals surface area contributed by atoms with Crippen LogP contribution >= 0.6 is 0 Å². The van der Waals surface area contributed by atoms with Crippen molar-refractivity contribution in [3.63, 3.8) is 0 Å². The molecule has 3 aromatic carbocycles. The lowest BCUT2D eigenvalue weighted by molar-refractivity contribution is 0.870. The van der Waals surface area contributed by atoms with Crippen LogP contribution in [0.1, 0.15) is 38.8 Å². The summed E-state index contributed by atoms with van der Waals surface area (Å²) in [6.07, 6.45) is 2.71. The molecule has 0 heterocycles. The molecule has 0 spiro atoms. The van der Waals surface area contributed by atoms with E-state index in [0.29, 0.717) is 0 Å². The topological polar surface area (TPSA) is 0 Å². The van der Waals surface area contributed by atoms with E-state index >= 15 is 0 Å². The Kier molecular flexibility index (Phi) is 9.64. The van der Waals surface area contributed by atoms with Crippen LogP contribution < -0.4 is 36.3 Å². The van der Waals surface area contributed by atoms with Gasteiger partial charge in [0.1, 0.15) is 0 Å². The van der Waals surface area contributed by atoms with Gasteiger partial charge in [-0.05, 0) is 55.8 Å². The van der Waals surface area contributed by atoms with Crippen LogP contribution in [0.2, 0.25) is 83.6 Å². The molecule has 3 aromatic rings. The highest BCUT2D eigenvalue weighted by Gasteiger charge is 2.57. The van der Waals surface area contributed by atoms with Gasteiger partial charge in [-0.25, -0.2) is 0 Å². The zero-order chi connectivity index (χ0) is 35.0. The first-order chi connectivity index (χ1) is 20.7. The summed E-state index contributed by atoms with van der Waals surface area (Å²) >= 11 is 0. The van der Waals surface area contributed by atoms with Crippen molar-refractivity contribution in [2.75, 3.05) is 0 Å². The zero-order valence-electron chi connectivity index (χ0n) is 32.8. The van der Waals surface area contributed by atoms with Crippen LogP contribution in [0, 0.1) is 13.8 Å². The number of hydrogen-bond donors (Lipinski definition) is 0. The van der Waals surface area contributed by atoms with Crippen LogP contribution in [0.5, 0.6) is 0 Å². The first kappa shape index (κ1) is 37.0. The third-order valence-electron chi connectivity index (χ3n) is 11.1. The average molecular weight is 697 g/mol. The van der Waals surface area contributed by atoms with Crippen molar-refractivity contribution >= 4 is 76.7 Å². The molecule has 0 N–H and O–H groups in total. The predicted molar refractivity (Wildman–Crippen MR) is 226 cm³/mol. The highest BCUT2D eigenvalue weighted by molar-refractivity contribution is 7.15. The third kappa shape index (κ3) is 6.61. The number of hydrogen-bond acceptors (Lipinski definition) is 0. The largest absolute Gasteiger partial charge is 0.161 e. The maximum Gasteiger partial charge on any atom is 0.161 e. The summed E-state index contributed by atoms with van der Waals surface area (Å²) in [5.74, 6) is 0. The fraction of sp³-hybridized carbons (Fsp3) is 0.463. The first-order valence-corrected chi connectivity index (χ1v) is 33.5. The van der Waals surface area contributed by atoms with Crippen LogP contribution in [0.3, 0.4) is 0 Å². The second kappa shape index (κ2) is 12.0. The standard InChI is InChI=1S/C41H64Si5/c1-29-19-30(2)21-38(20-29)46(41(6)28-31(3)32(4)33(41)5,39-24-34(42(7,8)9)22-35(25-39)43(10,11)12)40-26-36(44(13,14)15)23-37(27-40)45(16,17)18/h19-28H,1-18H3. The normalized spacial score (nSPS) is 18.3. The lowest BCUT2D eigenvalue weighted by Crippen LogP contribution is -2.75. The molecule has 4 rings (SSSR count). The Labute approximate surface area is 288 Å². The van der Waals surface area contributed by atoms with Crippen LogP contribution in [0.25, 0.3) is 0 Å². The first-order valence-electron chi connectivity index (χ1n) is 17.5. The highest BCUT2D eigenvalue weighted by Crippen LogP contribution is 2.52. The Balaban J connectivity index is 2.45. The average Bonchev–Trinajstić information content (AvgIpc) is 3.09. The minimum Gasteiger partial charge on any atom is -0.0730 e. The Morgan fingerprint density at radius 2 is 0.674 bits per heavy atom. The van der Waals surface area contributed by atoms with Gasteiger partial charge in [-0.15, -0.1) is 0 Å². The van der Waals surface area contributed by atoms with Crippen molar-refractivity contribution < 1.29 is 0 Å². The van der Waals surface area contributed by atoms with Crippen LogP contribution in [-0.4, -0.2) is 40.4 Å². The molecule has 0 saturated carbocycles. The minimum atomic E-state index is -2.81. The number of allylic oxidation sites excluding steroid dienone is 4. The molecule has 1 aliphatic carbocycles. The van der Waals surface area contributed by atoms with Gasteiger partial charge in [0.05, 0.1) is 32.3 Å². The van der Waals surface area contributed by atoms with E-state index in [1.807, 2.05) is 0 Å². The van der Waals surface area contributed by atoms with E-state index in [1.54, 1.807) is 41.9 Å². The van der Waals surface area contributed by atoms with Crippen LogP contribution in [0.15, 0.2) is 77.4 Å². The van der Waals surface area contributed by atoms with Gasteiger partial charge < -0.3 is 0 Å². The number of aryl methyl sites for hydroxylation is 2. The van der Waals surface area contributed by atoms with Crippen molar-refractivity contribution in [3.05, 3.63) is 88.5 Å². The van der Waals surface area contributed by atoms with Crippen molar-refractivity contribution in [2.24, 2.45) is 0 Å². The van der Waals surface area contributed by atoms with Gasteiger partial charge in [0.25, 0.3) is 0 Å². The molecule has 248 valence electrons. The Morgan fingerprint density at radius 1 is 0.391 bits per heavy atom. The molecule has 5 heteroatoms. The van der Waals surface area contributed by atoms with E-state index < -0.39 is 40.4 Å². The monoisotopic (exact) mass is 696 g/mol. The second-order valence-corrected chi connectivity index (χ2v) is 43.6. The van der Waals surface area contributed by atoms with E-state index in [4.69, 9.17) is 0 Å². The molecule has 0 radical (unpaired) electrons. The van der Waals surface area contributed by atoms with Gasteiger partial charge in [-0.1, -0.05) is 189 Å². The van der Waals surface area contributed by atoms with E-state index in [-0.39, 0.29) is 5.04 Å². The summed E-state index contributed by atoms with van der Waals surface area (Å²) in [6.45, 7) is 45.1. The lowest BCUT2D eigenvalue weighted by Gasteiger charge is -2.48. The summed E-state index contributed by atoms with van der Waals surface area (Å²) in [5.41, 5.74) is 7.27. The molecule has 0 amide bonds. The molecule has 0 aromatic heterocycles. The molecule has 46 heavy (non-hydrogen) atoms. The Morgan fingerprint density at radius 3 is 0.935 bits per heavy atom. The molecule has 0 nitrogen and oxygen atoms in total. The second-order valence-electron chi connectivity index (χ2n) is 19.0. The molecule has 0 saturated heterocycles. The minimum absolute atomic E-state index is 0.106. The number of benzene rings is 3. The highest BCUT2D eigenvalue weighted by atomic mass is 28.3. The van der Waals surface area contributed by atoms with Gasteiger partial charge in [0, 0.05) is 5.04 Å². The van der Waals surface area contributed by atoms with E-state index in [9.17, 15) is 0 Å². The summed E-state index contributed by atoms with van der Waals surface area (Å²) in [6, 6.07) is 23.8. The fourth-order valence-electron chi connectivity index (χ4n) is 7.74. The molecule has 0 bridgehead atoms. The smallest absolute Gasteiger partial charge is 0.0730 e. The van der Waals surface area contributed by atoms with Gasteiger partial charge in [-0.2, -0.15) is 0 Å². The third-order valence-corrected chi connectivity index (χ3v) is 24.7. The molecule has 1 aliphatic rings. The SMILES string of the molecule is CC1=CC(C)([Si](c2cc(C)cc(C)c2)(c2cc([Si](C)(C)C)cc([Si](C)(C)C)c2)c2cc([Si](C)(C)C)cc([Si](C)(C)C)c2)C(C)=C1C. The van der Waals surface area contributed by atoms with E-state index in [2.05, 4.69) is 181 Å². The van der Waals surface area contributed by atoms with E-state index in [0.717, 1.165) is 0 Å². The Hall–Kier alpha value is -1.78. The fourth-order valence-corrected chi connectivity index (χ4v) is 19.7. The number of rotatable bonds is 8. The van der Waals surface area contributed by atoms with Gasteiger partial charge in [0.15, 0.2) is 8.07 Å². The maximum atomic E-state index is 2.74. The van der Waals surface area contributed by atoms with Gasteiger partial charge in [-0.3, -0.25) is 0 Å². The molecular formula is C41H64Si5. The lowest BCUT2D eigenvalue weighted by atomic mass is 10.0. The van der Waals surface area contributed by atoms with Crippen molar-refractivity contribution in [1.82, 2.24) is 0 Å². The van der Waals surface area contributed by atoms with E-state index in [1.165, 1.54) is 22.3 Å². The van der Waals surface area contributed by atoms with Crippen molar-refractivity contribution in [2.45, 2.75) is 125 Å². The molecule has 0 fully saturated rings. The molecule has 1 atom stereocenters. The van der Waals surface area contributed by atoms with Crippen molar-refractivity contribution in [1.29, 1.82) is 0 Å². The van der Waals surface area contributed by atoms with Gasteiger partial charge in [0.2, 0.25) is 0 Å². The summed E-state index contributed by atoms with van der Waals surface area (Å²) in [4.78, 5) is 0. The summed E-state index contributed by atoms with van der Waals surface area (Å²) < 4.78 is 0. The van der Waals surface area contributed by atoms with Crippen molar-refractivity contribution in [3.8, 4) is 0 Å². The predicted octanol–water partition coefficient (Wildman–Crippen LogP) is 8.01. The summed E-state index contributed by atoms with van der Waals surface area (Å²) in [5, 5.41) is 11.2. The maximum absolute atomic E-state index is 2.81. The van der Waals surface area contributed by atoms with Crippen LogP contribution in [-0.2, 0) is 0 Å². The van der Waals surface area contributed by atoms with Crippen LogP contribution in [0.4, 0.5) is 0 Å². The molecule has 1 unspecified atom stereocenters.